The number of likely N-dealkylation sites (N-methyl/N-ethyl adjacent to an activating group) is 1. The maximum absolute atomic E-state index is 14.6. The number of hydrogen-bond acceptors (Lipinski definition) is 5. The highest BCUT2D eigenvalue weighted by molar-refractivity contribution is 5.98. The molecule has 2 aromatic rings. The van der Waals surface area contributed by atoms with E-state index in [0.29, 0.717) is 18.5 Å². The van der Waals surface area contributed by atoms with E-state index in [2.05, 4.69) is 20.9 Å². The first kappa shape index (κ1) is 20.9. The second-order valence-electron chi connectivity index (χ2n) is 7.24. The molecule has 9 heteroatoms. The van der Waals surface area contributed by atoms with Crippen molar-refractivity contribution in [1.29, 1.82) is 0 Å². The minimum Gasteiger partial charge on any atom is -0.365 e. The molecule has 29 heavy (non-hydrogen) atoms. The Bertz CT molecular complexity index is 888. The normalized spacial score (nSPS) is 20.9. The fourth-order valence-corrected chi connectivity index (χ4v) is 3.49. The van der Waals surface area contributed by atoms with E-state index in [1.54, 1.807) is 19.2 Å². The highest BCUT2D eigenvalue weighted by Crippen LogP contribution is 2.36. The van der Waals surface area contributed by atoms with Gasteiger partial charge in [-0.1, -0.05) is 17.7 Å². The molecule has 6 nitrogen and oxygen atoms in total. The van der Waals surface area contributed by atoms with Crippen molar-refractivity contribution in [3.63, 3.8) is 0 Å². The molecule has 0 aliphatic heterocycles. The number of anilines is 3. The molecule has 0 unspecified atom stereocenters. The van der Waals surface area contributed by atoms with Gasteiger partial charge >= 0.3 is 0 Å². The summed E-state index contributed by atoms with van der Waals surface area (Å²) in [4.78, 5) is 15.8. The monoisotopic (exact) mass is 407 g/mol. The highest BCUT2D eigenvalue weighted by Gasteiger charge is 2.47. The largest absolute Gasteiger partial charge is 0.365 e. The third-order valence-electron chi connectivity index (χ3n) is 5.10. The van der Waals surface area contributed by atoms with Crippen LogP contribution in [0, 0.1) is 12.7 Å². The molecule has 156 valence electrons. The van der Waals surface area contributed by atoms with Crippen molar-refractivity contribution in [2.24, 2.45) is 5.73 Å². The Kier molecular flexibility index (Phi) is 5.97. The number of aryl methyl sites for hydroxylation is 1. The van der Waals surface area contributed by atoms with Gasteiger partial charge in [-0.25, -0.2) is 18.2 Å². The molecule has 0 radical (unpaired) electrons. The average Bonchev–Trinajstić information content (AvgIpc) is 2.66. The molecule has 1 aromatic heterocycles. The summed E-state index contributed by atoms with van der Waals surface area (Å²) in [5.74, 6) is -5.22. The van der Waals surface area contributed by atoms with Gasteiger partial charge in [-0.15, -0.1) is 0 Å². The van der Waals surface area contributed by atoms with E-state index in [1.807, 2.05) is 19.1 Å². The van der Waals surface area contributed by atoms with Gasteiger partial charge in [0.2, 0.25) is 0 Å². The second-order valence-corrected chi connectivity index (χ2v) is 7.24. The lowest BCUT2D eigenvalue weighted by Gasteiger charge is -2.38. The molecule has 0 saturated heterocycles. The van der Waals surface area contributed by atoms with Crippen LogP contribution in [0.25, 0.3) is 0 Å². The van der Waals surface area contributed by atoms with Gasteiger partial charge in [0, 0.05) is 18.2 Å². The number of carbonyl (C=O) groups excluding carboxylic acids is 1. The first-order valence-corrected chi connectivity index (χ1v) is 9.37. The number of primary amides is 1. The Balaban J connectivity index is 1.96. The van der Waals surface area contributed by atoms with Crippen LogP contribution in [-0.2, 0) is 0 Å². The Morgan fingerprint density at radius 2 is 1.93 bits per heavy atom. The van der Waals surface area contributed by atoms with E-state index in [9.17, 15) is 18.0 Å². The quantitative estimate of drug-likeness (QED) is 0.588. The maximum Gasteiger partial charge on any atom is 0.269 e. The molecule has 1 amide bonds. The van der Waals surface area contributed by atoms with Crippen molar-refractivity contribution in [3.8, 4) is 0 Å². The predicted octanol–water partition coefficient (Wildman–Crippen LogP) is 3.56. The SMILES string of the molecule is CN[C@H]1CCCC(F)(F)[C@H]1Nc1nc(Nc2ccc(C)cc2)c(C(N)=O)cc1F. The molecular formula is C20H24F3N5O. The molecule has 1 fully saturated rings. The van der Waals surface area contributed by atoms with Crippen molar-refractivity contribution in [3.05, 3.63) is 47.3 Å². The van der Waals surface area contributed by atoms with Gasteiger partial charge in [0.15, 0.2) is 11.6 Å². The molecule has 2 atom stereocenters. The van der Waals surface area contributed by atoms with Crippen LogP contribution >= 0.6 is 0 Å². The Morgan fingerprint density at radius 1 is 1.24 bits per heavy atom. The summed E-state index contributed by atoms with van der Waals surface area (Å²) in [6, 6.07) is 6.21. The lowest BCUT2D eigenvalue weighted by atomic mass is 9.87. The van der Waals surface area contributed by atoms with E-state index < -0.39 is 29.7 Å². The predicted molar refractivity (Wildman–Crippen MR) is 106 cm³/mol. The minimum absolute atomic E-state index is 0.00890. The number of nitrogens with one attached hydrogen (secondary N) is 3. The van der Waals surface area contributed by atoms with Gasteiger partial charge in [0.05, 0.1) is 5.56 Å². The summed E-state index contributed by atoms with van der Waals surface area (Å²) in [6.45, 7) is 1.92. The molecule has 0 spiro atoms. The van der Waals surface area contributed by atoms with Crippen LogP contribution < -0.4 is 21.7 Å². The molecule has 1 aromatic carbocycles. The zero-order valence-electron chi connectivity index (χ0n) is 16.2. The van der Waals surface area contributed by atoms with Gasteiger partial charge in [0.25, 0.3) is 11.8 Å². The van der Waals surface area contributed by atoms with Crippen LogP contribution in [-0.4, -0.2) is 35.9 Å². The van der Waals surface area contributed by atoms with E-state index in [1.165, 1.54) is 0 Å². The van der Waals surface area contributed by atoms with Crippen LogP contribution in [0.5, 0.6) is 0 Å². The van der Waals surface area contributed by atoms with E-state index in [4.69, 9.17) is 5.73 Å². The smallest absolute Gasteiger partial charge is 0.269 e. The summed E-state index contributed by atoms with van der Waals surface area (Å²) in [5, 5.41) is 8.32. The summed E-state index contributed by atoms with van der Waals surface area (Å²) >= 11 is 0. The minimum atomic E-state index is -3.03. The third-order valence-corrected chi connectivity index (χ3v) is 5.10. The van der Waals surface area contributed by atoms with Gasteiger partial charge < -0.3 is 21.7 Å². The number of rotatable bonds is 6. The molecule has 1 saturated carbocycles. The lowest BCUT2D eigenvalue weighted by Crippen LogP contribution is -2.56. The zero-order chi connectivity index (χ0) is 21.2. The van der Waals surface area contributed by atoms with E-state index >= 15 is 0 Å². The van der Waals surface area contributed by atoms with Crippen molar-refractivity contribution in [2.45, 2.75) is 44.2 Å². The second kappa shape index (κ2) is 8.28. The van der Waals surface area contributed by atoms with Gasteiger partial charge in [-0.2, -0.15) is 0 Å². The number of halogens is 3. The van der Waals surface area contributed by atoms with Crippen molar-refractivity contribution in [1.82, 2.24) is 10.3 Å². The van der Waals surface area contributed by atoms with E-state index in [-0.39, 0.29) is 23.6 Å². The van der Waals surface area contributed by atoms with Crippen molar-refractivity contribution >= 4 is 23.2 Å². The molecule has 1 aliphatic rings. The van der Waals surface area contributed by atoms with Gasteiger partial charge in [-0.05, 0) is 45.0 Å². The highest BCUT2D eigenvalue weighted by atomic mass is 19.3. The molecular weight excluding hydrogens is 383 g/mol. The average molecular weight is 407 g/mol. The van der Waals surface area contributed by atoms with Gasteiger partial charge in [0.1, 0.15) is 11.9 Å². The van der Waals surface area contributed by atoms with Gasteiger partial charge in [-0.3, -0.25) is 4.79 Å². The Morgan fingerprint density at radius 3 is 2.55 bits per heavy atom. The van der Waals surface area contributed by atoms with Crippen LogP contribution in [0.1, 0.15) is 35.2 Å². The topological polar surface area (TPSA) is 92.1 Å². The van der Waals surface area contributed by atoms with Crippen LogP contribution in [0.2, 0.25) is 0 Å². The number of hydrogen-bond donors (Lipinski definition) is 4. The lowest BCUT2D eigenvalue weighted by molar-refractivity contribution is -0.0550. The first-order chi connectivity index (χ1) is 13.7. The summed E-state index contributed by atoms with van der Waals surface area (Å²) in [7, 11) is 1.59. The van der Waals surface area contributed by atoms with E-state index in [0.717, 1.165) is 11.6 Å². The number of benzene rings is 1. The number of alkyl halides is 2. The number of nitrogens with zero attached hydrogens (tertiary/aromatic N) is 1. The molecule has 0 bridgehead atoms. The third kappa shape index (κ3) is 4.61. The number of aromatic nitrogens is 1. The number of amides is 1. The summed E-state index contributed by atoms with van der Waals surface area (Å²) in [5.41, 5.74) is 6.80. The zero-order valence-corrected chi connectivity index (χ0v) is 16.2. The Hall–Kier alpha value is -2.81. The summed E-state index contributed by atoms with van der Waals surface area (Å²) < 4.78 is 43.5. The van der Waals surface area contributed by atoms with Crippen molar-refractivity contribution in [2.75, 3.05) is 17.7 Å². The number of nitrogens with two attached hydrogens (primary N) is 1. The number of carbonyl (C=O) groups is 1. The molecule has 1 aliphatic carbocycles. The van der Waals surface area contributed by atoms with Crippen molar-refractivity contribution < 1.29 is 18.0 Å². The van der Waals surface area contributed by atoms with Crippen LogP contribution in [0.3, 0.4) is 0 Å². The maximum atomic E-state index is 14.6. The summed E-state index contributed by atoms with van der Waals surface area (Å²) in [6.07, 6.45) is 0.602. The Labute approximate surface area is 167 Å². The molecule has 1 heterocycles. The standard InChI is InChI=1S/C20H24F3N5O/c1-11-5-7-12(8-6-11)26-18-13(17(24)29)10-14(21)19(28-18)27-16-15(25-2)4-3-9-20(16,22)23/h5-8,10,15-16,25H,3-4,9H2,1-2H3,(H2,24,29)(H2,26,27,28)/t15-,16-/m0/s1. The fraction of sp³-hybridized carbons (Fsp3) is 0.400. The first-order valence-electron chi connectivity index (χ1n) is 9.37. The van der Waals surface area contributed by atoms with Crippen LogP contribution in [0.15, 0.2) is 30.3 Å². The number of pyridine rings is 1. The van der Waals surface area contributed by atoms with Crippen LogP contribution in [0.4, 0.5) is 30.5 Å². The molecule has 5 N–H and O–H groups in total. The molecule has 3 rings (SSSR count). The fourth-order valence-electron chi connectivity index (χ4n) is 3.49.